The van der Waals surface area contributed by atoms with E-state index in [9.17, 15) is 0 Å². The molecule has 4 aromatic carbocycles. The lowest BCUT2D eigenvalue weighted by atomic mass is 9.74. The lowest BCUT2D eigenvalue weighted by Gasteiger charge is -2.12. The summed E-state index contributed by atoms with van der Waals surface area (Å²) in [6, 6.07) is 35.0. The standard InChI is InChI=1S/C49H43B2N5S/c1-7-10-19-39(32-50-5)34(9-3)30-42-33(4)56(45(51-6)41(42)26-11-8-2)40-25-18-24-38(29-40)49-52-43-28-27-37(31-44(43)57-49)48-54-46(35-20-14-12-15-21-35)53-47(55-48)36-22-16-13-17-23-36/h7-32,50-51H,1-3H2,4-6H3/b19-10-,26-11-,34-30+,39-32+. The van der Waals surface area contributed by atoms with Crippen LogP contribution in [0.1, 0.15) is 16.8 Å². The van der Waals surface area contributed by atoms with Gasteiger partial charge in [-0.2, -0.15) is 0 Å². The lowest BCUT2D eigenvalue weighted by Crippen LogP contribution is -2.24. The molecule has 0 amide bonds. The monoisotopic (exact) mass is 755 g/mol. The van der Waals surface area contributed by atoms with Crippen molar-refractivity contribution >= 4 is 53.9 Å². The van der Waals surface area contributed by atoms with Crippen molar-refractivity contribution in [2.75, 3.05) is 0 Å². The highest BCUT2D eigenvalue weighted by Crippen LogP contribution is 2.35. The number of allylic oxidation sites excluding steroid dienone is 8. The second-order valence-electron chi connectivity index (χ2n) is 13.4. The van der Waals surface area contributed by atoms with Gasteiger partial charge in [0.2, 0.25) is 0 Å². The normalized spacial score (nSPS) is 12.1. The molecule has 276 valence electrons. The maximum absolute atomic E-state index is 5.12. The molecule has 57 heavy (non-hydrogen) atoms. The van der Waals surface area contributed by atoms with Gasteiger partial charge in [0.15, 0.2) is 24.8 Å². The van der Waals surface area contributed by atoms with Crippen molar-refractivity contribution in [3.8, 4) is 50.4 Å². The number of thiazole rings is 1. The molecule has 0 aliphatic carbocycles. The van der Waals surface area contributed by atoms with Crippen molar-refractivity contribution < 1.29 is 0 Å². The highest BCUT2D eigenvalue weighted by molar-refractivity contribution is 7.21. The van der Waals surface area contributed by atoms with Crippen molar-refractivity contribution in [3.05, 3.63) is 193 Å². The summed E-state index contributed by atoms with van der Waals surface area (Å²) in [4.78, 5) is 19.9. The lowest BCUT2D eigenvalue weighted by molar-refractivity contribution is 1.04. The molecule has 0 aliphatic rings. The van der Waals surface area contributed by atoms with E-state index in [1.807, 2.05) is 85.0 Å². The molecule has 0 atom stereocenters. The Hall–Kier alpha value is -6.63. The van der Waals surface area contributed by atoms with Crippen LogP contribution in [0, 0.1) is 6.92 Å². The molecule has 0 unspecified atom stereocenters. The summed E-state index contributed by atoms with van der Waals surface area (Å²) >= 11 is 1.67. The second-order valence-corrected chi connectivity index (χ2v) is 14.4. The summed E-state index contributed by atoms with van der Waals surface area (Å²) in [6.45, 7) is 18.6. The van der Waals surface area contributed by atoms with Crippen LogP contribution < -0.4 is 5.59 Å². The minimum Gasteiger partial charge on any atom is -0.326 e. The summed E-state index contributed by atoms with van der Waals surface area (Å²) in [5, 5.41) is 0.946. The third-order valence-corrected chi connectivity index (χ3v) is 10.8. The topological polar surface area (TPSA) is 56.5 Å². The average molecular weight is 756 g/mol. The van der Waals surface area contributed by atoms with E-state index in [2.05, 4.69) is 112 Å². The first-order chi connectivity index (χ1) is 28.0. The molecule has 7 aromatic rings. The van der Waals surface area contributed by atoms with Crippen LogP contribution in [0.4, 0.5) is 0 Å². The molecule has 0 spiro atoms. The molecule has 7 rings (SSSR count). The summed E-state index contributed by atoms with van der Waals surface area (Å²) in [5.74, 6) is 4.12. The zero-order valence-corrected chi connectivity index (χ0v) is 33.5. The Kier molecular flexibility index (Phi) is 12.1. The van der Waals surface area contributed by atoms with E-state index in [0.29, 0.717) is 17.5 Å². The fourth-order valence-corrected chi connectivity index (χ4v) is 8.02. The number of nitrogens with zero attached hydrogens (tertiary/aromatic N) is 5. The van der Waals surface area contributed by atoms with Gasteiger partial charge in [-0.1, -0.05) is 149 Å². The smallest absolute Gasteiger partial charge is 0.177 e. The first-order valence-corrected chi connectivity index (χ1v) is 20.0. The summed E-state index contributed by atoms with van der Waals surface area (Å²) in [7, 11) is 1.75. The number of hydrogen-bond donors (Lipinski definition) is 0. The predicted molar refractivity (Wildman–Crippen MR) is 249 cm³/mol. The van der Waals surface area contributed by atoms with Gasteiger partial charge in [0.25, 0.3) is 0 Å². The second kappa shape index (κ2) is 17.9. The van der Waals surface area contributed by atoms with Gasteiger partial charge in [0.05, 0.1) is 10.2 Å². The highest BCUT2D eigenvalue weighted by Gasteiger charge is 2.20. The molecule has 0 aliphatic heterocycles. The van der Waals surface area contributed by atoms with Gasteiger partial charge in [0, 0.05) is 39.2 Å². The number of fused-ring (bicyclic) bond motifs is 1. The van der Waals surface area contributed by atoms with Gasteiger partial charge >= 0.3 is 0 Å². The van der Waals surface area contributed by atoms with Crippen LogP contribution in [0.2, 0.25) is 13.6 Å². The van der Waals surface area contributed by atoms with E-state index in [1.165, 1.54) is 11.2 Å². The van der Waals surface area contributed by atoms with Crippen LogP contribution in [-0.4, -0.2) is 39.1 Å². The van der Waals surface area contributed by atoms with Crippen LogP contribution in [0.25, 0.3) is 72.8 Å². The van der Waals surface area contributed by atoms with Crippen molar-refractivity contribution in [2.24, 2.45) is 0 Å². The van der Waals surface area contributed by atoms with Crippen molar-refractivity contribution in [1.29, 1.82) is 0 Å². The Balaban J connectivity index is 1.30. The predicted octanol–water partition coefficient (Wildman–Crippen LogP) is 11.2. The molecule has 0 N–H and O–H groups in total. The number of aromatic nitrogens is 5. The number of rotatable bonds is 14. The van der Waals surface area contributed by atoms with Crippen molar-refractivity contribution in [2.45, 2.75) is 20.6 Å². The van der Waals surface area contributed by atoms with Crippen molar-refractivity contribution in [1.82, 2.24) is 24.5 Å². The third-order valence-electron chi connectivity index (χ3n) is 9.72. The Morgan fingerprint density at radius 3 is 1.93 bits per heavy atom. The van der Waals surface area contributed by atoms with E-state index in [1.54, 1.807) is 17.4 Å². The zero-order chi connectivity index (χ0) is 39.7. The van der Waals surface area contributed by atoms with Crippen LogP contribution in [0.5, 0.6) is 0 Å². The van der Waals surface area contributed by atoms with E-state index in [4.69, 9.17) is 19.9 Å². The molecule has 5 nitrogen and oxygen atoms in total. The highest BCUT2D eigenvalue weighted by atomic mass is 32.1. The zero-order valence-electron chi connectivity index (χ0n) is 32.7. The van der Waals surface area contributed by atoms with E-state index < -0.39 is 0 Å². The summed E-state index contributed by atoms with van der Waals surface area (Å²) < 4.78 is 3.44. The average Bonchev–Trinajstić information content (AvgIpc) is 3.81. The Bertz CT molecular complexity index is 2660. The Labute approximate surface area is 341 Å². The largest absolute Gasteiger partial charge is 0.326 e. The molecule has 3 aromatic heterocycles. The van der Waals surface area contributed by atoms with Crippen molar-refractivity contribution in [3.63, 3.8) is 0 Å². The van der Waals surface area contributed by atoms with Gasteiger partial charge in [-0.3, -0.25) is 0 Å². The first-order valence-electron chi connectivity index (χ1n) is 19.2. The molecular weight excluding hydrogens is 712 g/mol. The summed E-state index contributed by atoms with van der Waals surface area (Å²) in [5.41, 5.74) is 12.7. The SMILES string of the molecule is C=C\C=C/C(=C\BC)C(/C=C)=C/c1c(/C=C\C=C)c(BC)n(-c2cccc(-c3nc4ccc(-c5nc(-c6ccccc6)nc(-c6ccccc6)n5)cc4s3)c2)c1C. The number of hydrogen-bond acceptors (Lipinski definition) is 5. The minimum absolute atomic E-state index is 0.622. The van der Waals surface area contributed by atoms with E-state index in [0.717, 1.165) is 80.1 Å². The van der Waals surface area contributed by atoms with Crippen LogP contribution in [0.15, 0.2) is 176 Å². The fraction of sp³-hybridized carbons (Fsp3) is 0.0612. The minimum atomic E-state index is 0.622. The molecule has 0 fully saturated rings. The fourth-order valence-electron chi connectivity index (χ4n) is 7.02. The first kappa shape index (κ1) is 38.6. The van der Waals surface area contributed by atoms with E-state index in [-0.39, 0.29) is 0 Å². The maximum atomic E-state index is 5.12. The molecule has 0 saturated heterocycles. The molecule has 8 heteroatoms. The van der Waals surface area contributed by atoms with Gasteiger partial charge < -0.3 is 4.57 Å². The van der Waals surface area contributed by atoms with Gasteiger partial charge in [-0.05, 0) is 65.6 Å². The summed E-state index contributed by atoms with van der Waals surface area (Å²) in [6.07, 6.45) is 16.1. The molecule has 0 bridgehead atoms. The van der Waals surface area contributed by atoms with Crippen LogP contribution in [-0.2, 0) is 0 Å². The quantitative estimate of drug-likeness (QED) is 0.0819. The molecular formula is C49H43B2N5S. The van der Waals surface area contributed by atoms with Gasteiger partial charge in [-0.15, -0.1) is 17.3 Å². The molecule has 0 saturated carbocycles. The maximum Gasteiger partial charge on any atom is 0.177 e. The third kappa shape index (κ3) is 8.32. The Morgan fingerprint density at radius 1 is 0.667 bits per heavy atom. The Morgan fingerprint density at radius 2 is 1.32 bits per heavy atom. The molecule has 0 radical (unpaired) electrons. The van der Waals surface area contributed by atoms with Gasteiger partial charge in [-0.25, -0.2) is 19.9 Å². The number of benzene rings is 4. The molecule has 3 heterocycles. The van der Waals surface area contributed by atoms with Crippen LogP contribution in [0.3, 0.4) is 0 Å². The van der Waals surface area contributed by atoms with Gasteiger partial charge in [0.1, 0.15) is 12.3 Å². The van der Waals surface area contributed by atoms with Crippen LogP contribution >= 0.6 is 11.3 Å². The van der Waals surface area contributed by atoms with E-state index >= 15 is 0 Å².